The lowest BCUT2D eigenvalue weighted by Gasteiger charge is -2.19. The quantitative estimate of drug-likeness (QED) is 0.708. The molecule has 1 N–H and O–H groups in total. The monoisotopic (exact) mass is 376 g/mol. The lowest BCUT2D eigenvalue weighted by atomic mass is 10.3. The topological polar surface area (TPSA) is 97.4 Å². The van der Waals surface area contributed by atoms with Gasteiger partial charge in [0.15, 0.2) is 5.58 Å². The van der Waals surface area contributed by atoms with E-state index in [-0.39, 0.29) is 10.5 Å². The zero-order valence-electron chi connectivity index (χ0n) is 14.8. The molecule has 0 saturated carbocycles. The Morgan fingerprint density at radius 2 is 1.92 bits per heavy atom. The van der Waals surface area contributed by atoms with Crippen molar-refractivity contribution in [3.05, 3.63) is 47.1 Å². The van der Waals surface area contributed by atoms with Crippen molar-refractivity contribution >= 4 is 32.6 Å². The summed E-state index contributed by atoms with van der Waals surface area (Å²) in [6, 6.07) is 7.73. The van der Waals surface area contributed by atoms with E-state index in [1.807, 2.05) is 13.8 Å². The van der Waals surface area contributed by atoms with Crippen LogP contribution in [0.4, 0.5) is 11.5 Å². The van der Waals surface area contributed by atoms with E-state index in [0.29, 0.717) is 11.2 Å². The van der Waals surface area contributed by atoms with E-state index < -0.39 is 15.8 Å². The van der Waals surface area contributed by atoms with Crippen molar-refractivity contribution in [3.8, 4) is 0 Å². The van der Waals surface area contributed by atoms with Gasteiger partial charge in [0.1, 0.15) is 5.82 Å². The van der Waals surface area contributed by atoms with Crippen LogP contribution in [0.15, 0.2) is 50.6 Å². The molecule has 0 saturated heterocycles. The predicted molar refractivity (Wildman–Crippen MR) is 100 cm³/mol. The molecular formula is C17H20N4O4S. The molecule has 2 aromatic heterocycles. The van der Waals surface area contributed by atoms with E-state index in [1.54, 1.807) is 19.2 Å². The largest absolute Gasteiger partial charge is 0.419 e. The molecule has 0 bridgehead atoms. The summed E-state index contributed by atoms with van der Waals surface area (Å²) >= 11 is 0. The highest BCUT2D eigenvalue weighted by molar-refractivity contribution is 7.92. The van der Waals surface area contributed by atoms with Gasteiger partial charge in [0.05, 0.1) is 22.3 Å². The zero-order chi connectivity index (χ0) is 18.9. The Labute approximate surface area is 151 Å². The van der Waals surface area contributed by atoms with Crippen molar-refractivity contribution in [2.75, 3.05) is 22.7 Å². The average molecular weight is 376 g/mol. The molecular weight excluding hydrogens is 356 g/mol. The number of aromatic nitrogens is 2. The molecule has 26 heavy (non-hydrogen) atoms. The first kappa shape index (κ1) is 18.0. The van der Waals surface area contributed by atoms with Crippen LogP contribution in [0, 0.1) is 0 Å². The van der Waals surface area contributed by atoms with Crippen molar-refractivity contribution in [1.82, 2.24) is 9.55 Å². The number of sulfonamides is 1. The van der Waals surface area contributed by atoms with E-state index in [1.165, 1.54) is 29.0 Å². The summed E-state index contributed by atoms with van der Waals surface area (Å²) in [5, 5.41) is 0. The molecule has 138 valence electrons. The zero-order valence-corrected chi connectivity index (χ0v) is 15.6. The molecule has 0 radical (unpaired) electrons. The highest BCUT2D eigenvalue weighted by atomic mass is 32.2. The third kappa shape index (κ3) is 3.30. The van der Waals surface area contributed by atoms with Crippen LogP contribution in [0.2, 0.25) is 0 Å². The molecule has 1 aromatic carbocycles. The second kappa shape index (κ2) is 6.83. The van der Waals surface area contributed by atoms with Crippen molar-refractivity contribution in [2.24, 2.45) is 7.05 Å². The minimum Gasteiger partial charge on any atom is -0.408 e. The fourth-order valence-corrected chi connectivity index (χ4v) is 3.73. The SMILES string of the molecule is CCN(CC)c1ccc(NS(=O)(=O)c2ccc3c(c2)oc(=O)n3C)cn1. The van der Waals surface area contributed by atoms with E-state index >= 15 is 0 Å². The minimum absolute atomic E-state index is 0.00664. The number of anilines is 2. The van der Waals surface area contributed by atoms with Crippen LogP contribution in [-0.4, -0.2) is 31.1 Å². The first-order valence-electron chi connectivity index (χ1n) is 8.19. The molecule has 0 fully saturated rings. The molecule has 0 aliphatic rings. The molecule has 8 nitrogen and oxygen atoms in total. The Bertz CT molecular complexity index is 1080. The first-order chi connectivity index (χ1) is 12.4. The lowest BCUT2D eigenvalue weighted by Crippen LogP contribution is -2.22. The van der Waals surface area contributed by atoms with Crippen molar-refractivity contribution in [2.45, 2.75) is 18.7 Å². The maximum Gasteiger partial charge on any atom is 0.419 e. The standard InChI is InChI=1S/C17H20N4O4S/c1-4-21(5-2)16-9-6-12(11-18-16)19-26(23,24)13-7-8-14-15(10-13)25-17(22)20(14)3/h6-11,19H,4-5H2,1-3H3. The molecule has 0 unspecified atom stereocenters. The van der Waals surface area contributed by atoms with E-state index in [2.05, 4.69) is 14.6 Å². The van der Waals surface area contributed by atoms with Gasteiger partial charge in [-0.15, -0.1) is 0 Å². The minimum atomic E-state index is -3.83. The van der Waals surface area contributed by atoms with Gasteiger partial charge in [-0.05, 0) is 38.1 Å². The number of hydrogen-bond donors (Lipinski definition) is 1. The number of aryl methyl sites for hydroxylation is 1. The molecule has 3 aromatic rings. The number of nitrogens with one attached hydrogen (secondary N) is 1. The van der Waals surface area contributed by atoms with Crippen LogP contribution in [0.25, 0.3) is 11.1 Å². The van der Waals surface area contributed by atoms with Crippen LogP contribution in [0.1, 0.15) is 13.8 Å². The van der Waals surface area contributed by atoms with E-state index in [9.17, 15) is 13.2 Å². The number of benzene rings is 1. The van der Waals surface area contributed by atoms with Gasteiger partial charge in [0.2, 0.25) is 0 Å². The smallest absolute Gasteiger partial charge is 0.408 e. The number of oxazole rings is 1. The van der Waals surface area contributed by atoms with Crippen molar-refractivity contribution < 1.29 is 12.8 Å². The second-order valence-electron chi connectivity index (χ2n) is 5.74. The third-order valence-electron chi connectivity index (χ3n) is 4.16. The van der Waals surface area contributed by atoms with Gasteiger partial charge in [-0.3, -0.25) is 9.29 Å². The maximum absolute atomic E-state index is 12.6. The summed E-state index contributed by atoms with van der Waals surface area (Å²) in [7, 11) is -2.27. The Balaban J connectivity index is 1.88. The van der Waals surface area contributed by atoms with Crippen LogP contribution >= 0.6 is 0 Å². The Kier molecular flexibility index (Phi) is 4.73. The Hall–Kier alpha value is -2.81. The van der Waals surface area contributed by atoms with Crippen molar-refractivity contribution in [1.29, 1.82) is 0 Å². The molecule has 0 amide bonds. The van der Waals surface area contributed by atoms with E-state index in [4.69, 9.17) is 4.42 Å². The number of pyridine rings is 1. The molecule has 3 rings (SSSR count). The number of nitrogens with zero attached hydrogens (tertiary/aromatic N) is 3. The van der Waals surface area contributed by atoms with Crippen LogP contribution in [0.3, 0.4) is 0 Å². The normalized spacial score (nSPS) is 11.7. The van der Waals surface area contributed by atoms with Crippen LogP contribution < -0.4 is 15.4 Å². The van der Waals surface area contributed by atoms with Crippen LogP contribution in [0.5, 0.6) is 0 Å². The highest BCUT2D eigenvalue weighted by Crippen LogP contribution is 2.21. The predicted octanol–water partition coefficient (Wildman–Crippen LogP) is 2.17. The Morgan fingerprint density at radius 3 is 2.54 bits per heavy atom. The van der Waals surface area contributed by atoms with Gasteiger partial charge < -0.3 is 9.32 Å². The number of hydrogen-bond acceptors (Lipinski definition) is 6. The maximum atomic E-state index is 12.6. The molecule has 0 aliphatic carbocycles. The first-order valence-corrected chi connectivity index (χ1v) is 9.67. The molecule has 0 atom stereocenters. The summed E-state index contributed by atoms with van der Waals surface area (Å²) < 4.78 is 34.0. The van der Waals surface area contributed by atoms with Gasteiger partial charge in [0.25, 0.3) is 10.0 Å². The van der Waals surface area contributed by atoms with Gasteiger partial charge in [-0.25, -0.2) is 18.2 Å². The Morgan fingerprint density at radius 1 is 1.19 bits per heavy atom. The summed E-state index contributed by atoms with van der Waals surface area (Å²) in [4.78, 5) is 17.9. The number of rotatable bonds is 6. The summed E-state index contributed by atoms with van der Waals surface area (Å²) in [5.74, 6) is 0.240. The van der Waals surface area contributed by atoms with Crippen molar-refractivity contribution in [3.63, 3.8) is 0 Å². The highest BCUT2D eigenvalue weighted by Gasteiger charge is 2.17. The summed E-state index contributed by atoms with van der Waals surface area (Å²) in [5.41, 5.74) is 1.10. The summed E-state index contributed by atoms with van der Waals surface area (Å²) in [6.07, 6.45) is 1.48. The average Bonchev–Trinajstić information content (AvgIpc) is 2.91. The van der Waals surface area contributed by atoms with Gasteiger partial charge >= 0.3 is 5.76 Å². The molecule has 0 spiro atoms. The molecule has 2 heterocycles. The fraction of sp³-hybridized carbons (Fsp3) is 0.294. The second-order valence-corrected chi connectivity index (χ2v) is 7.42. The van der Waals surface area contributed by atoms with Gasteiger partial charge in [-0.1, -0.05) is 0 Å². The van der Waals surface area contributed by atoms with Gasteiger partial charge in [0, 0.05) is 26.2 Å². The molecule has 0 aliphatic heterocycles. The third-order valence-corrected chi connectivity index (χ3v) is 5.54. The summed E-state index contributed by atoms with van der Waals surface area (Å²) in [6.45, 7) is 5.69. The van der Waals surface area contributed by atoms with Crippen LogP contribution in [-0.2, 0) is 17.1 Å². The fourth-order valence-electron chi connectivity index (χ4n) is 2.68. The van der Waals surface area contributed by atoms with Gasteiger partial charge in [-0.2, -0.15) is 0 Å². The lowest BCUT2D eigenvalue weighted by molar-refractivity contribution is 0.527. The van der Waals surface area contributed by atoms with E-state index in [0.717, 1.165) is 18.9 Å². The number of fused-ring (bicyclic) bond motifs is 1. The molecule has 9 heteroatoms.